The van der Waals surface area contributed by atoms with Crippen molar-refractivity contribution in [3.05, 3.63) is 89.1 Å². The van der Waals surface area contributed by atoms with Crippen LogP contribution in [0.4, 0.5) is 11.4 Å². The van der Waals surface area contributed by atoms with Gasteiger partial charge in [0, 0.05) is 54.4 Å². The molecule has 2 aromatic heterocycles. The number of furan rings is 1. The molecule has 0 saturated heterocycles. The molecule has 0 N–H and O–H groups in total. The summed E-state index contributed by atoms with van der Waals surface area (Å²) in [5.41, 5.74) is 6.96. The lowest BCUT2D eigenvalue weighted by molar-refractivity contribution is -0.669. The summed E-state index contributed by atoms with van der Waals surface area (Å²) in [4.78, 5) is 4.89. The molecule has 4 nitrogen and oxygen atoms in total. The predicted molar refractivity (Wildman–Crippen MR) is 161 cm³/mol. The number of para-hydroxylation sites is 3. The summed E-state index contributed by atoms with van der Waals surface area (Å²) in [6.45, 7) is 9.05. The van der Waals surface area contributed by atoms with E-state index in [0.717, 1.165) is 47.5 Å². The van der Waals surface area contributed by atoms with Gasteiger partial charge in [-0.05, 0) is 50.2 Å². The van der Waals surface area contributed by atoms with Crippen LogP contribution in [0.5, 0.6) is 0 Å². The Morgan fingerprint density at radius 3 is 2.47 bits per heavy atom. The topological polar surface area (TPSA) is 23.5 Å². The van der Waals surface area contributed by atoms with Gasteiger partial charge in [0.05, 0.1) is 5.69 Å². The second-order valence-corrected chi connectivity index (χ2v) is 11.2. The van der Waals surface area contributed by atoms with Gasteiger partial charge in [0.15, 0.2) is 12.3 Å². The monoisotopic (exact) mass is 522 g/mol. The number of aromatic nitrogens is 1. The van der Waals surface area contributed by atoms with Crippen LogP contribution in [0.1, 0.15) is 49.4 Å². The molecule has 0 atom stereocenters. The van der Waals surface area contributed by atoms with E-state index in [0.29, 0.717) is 0 Å². The van der Waals surface area contributed by atoms with Crippen molar-refractivity contribution in [2.24, 2.45) is 0 Å². The number of fused-ring (bicyclic) bond motifs is 5. The normalized spacial score (nSPS) is 14.1. The van der Waals surface area contributed by atoms with Gasteiger partial charge < -0.3 is 14.2 Å². The Labute approximate surface area is 229 Å². The molecule has 0 spiro atoms. The maximum absolute atomic E-state index is 6.56. The van der Waals surface area contributed by atoms with Gasteiger partial charge in [-0.2, -0.15) is 4.57 Å². The van der Waals surface area contributed by atoms with Crippen molar-refractivity contribution >= 4 is 55.5 Å². The minimum Gasteiger partial charge on any atom is -0.454 e. The van der Waals surface area contributed by atoms with Crippen LogP contribution in [0, 0.1) is 0 Å². The van der Waals surface area contributed by atoms with Gasteiger partial charge in [-0.3, -0.25) is 0 Å². The fourth-order valence-corrected chi connectivity index (χ4v) is 6.99. The molecular formula is C33H36N3OS+. The predicted octanol–water partition coefficient (Wildman–Crippen LogP) is 8.12. The number of hydrogen-bond acceptors (Lipinski definition) is 4. The van der Waals surface area contributed by atoms with Crippen LogP contribution in [0.15, 0.2) is 77.2 Å². The van der Waals surface area contributed by atoms with Gasteiger partial charge in [-0.1, -0.05) is 67.6 Å². The van der Waals surface area contributed by atoms with Crippen LogP contribution in [0.3, 0.4) is 0 Å². The molecule has 3 heterocycles. The van der Waals surface area contributed by atoms with Crippen LogP contribution in [0.25, 0.3) is 32.8 Å². The molecule has 0 radical (unpaired) electrons. The molecule has 38 heavy (non-hydrogen) atoms. The molecule has 194 valence electrons. The number of nitrogens with zero attached hydrogens (tertiary/aromatic N) is 3. The first kappa shape index (κ1) is 24.9. The highest BCUT2D eigenvalue weighted by Gasteiger charge is 2.31. The minimum absolute atomic E-state index is 0.930. The van der Waals surface area contributed by atoms with E-state index >= 15 is 0 Å². The van der Waals surface area contributed by atoms with E-state index < -0.39 is 0 Å². The standard InChI is InChI=1S/C33H36N3OS/c1-4-19-35(20-5-2)21-12-22-36-28-16-9-11-18-30(28)38-31(36)23-26-24-13-6-8-15-27(24)34(3)32-25-14-7-10-17-29(25)37-33(26)32/h6-11,13-18,23H,4-5,12,19-22H2,1-3H3/q+1. The second-order valence-electron chi connectivity index (χ2n) is 10.2. The summed E-state index contributed by atoms with van der Waals surface area (Å²) >= 11 is 1.87. The van der Waals surface area contributed by atoms with Crippen molar-refractivity contribution in [2.45, 2.75) is 39.7 Å². The van der Waals surface area contributed by atoms with Crippen LogP contribution >= 0.6 is 11.3 Å². The van der Waals surface area contributed by atoms with Gasteiger partial charge in [0.25, 0.3) is 5.01 Å². The number of hydrogen-bond donors (Lipinski definition) is 0. The molecule has 5 aromatic rings. The summed E-state index contributed by atoms with van der Waals surface area (Å²) in [5.74, 6) is 0.952. The molecule has 0 saturated carbocycles. The van der Waals surface area contributed by atoms with Crippen molar-refractivity contribution < 1.29 is 8.98 Å². The highest BCUT2D eigenvalue weighted by Crippen LogP contribution is 2.49. The number of benzene rings is 3. The first-order chi connectivity index (χ1) is 18.7. The molecule has 0 aliphatic carbocycles. The van der Waals surface area contributed by atoms with E-state index in [4.69, 9.17) is 4.42 Å². The molecule has 0 unspecified atom stereocenters. The molecule has 1 aliphatic rings. The highest BCUT2D eigenvalue weighted by molar-refractivity contribution is 7.18. The van der Waals surface area contributed by atoms with E-state index in [-0.39, 0.29) is 0 Å². The molecule has 0 amide bonds. The number of rotatable bonds is 9. The van der Waals surface area contributed by atoms with Crippen LogP contribution < -0.4 is 9.47 Å². The molecule has 6 rings (SSSR count). The third-order valence-corrected chi connectivity index (χ3v) is 8.66. The Balaban J connectivity index is 1.46. The Morgan fingerprint density at radius 1 is 0.895 bits per heavy atom. The molecule has 0 bridgehead atoms. The third kappa shape index (κ3) is 4.44. The average Bonchev–Trinajstić information content (AvgIpc) is 3.50. The lowest BCUT2D eigenvalue weighted by Gasteiger charge is -2.28. The fraction of sp³-hybridized carbons (Fsp3) is 0.303. The zero-order valence-electron chi connectivity index (χ0n) is 22.6. The Morgan fingerprint density at radius 2 is 1.63 bits per heavy atom. The van der Waals surface area contributed by atoms with E-state index in [1.165, 1.54) is 52.4 Å². The average molecular weight is 523 g/mol. The van der Waals surface area contributed by atoms with Crippen LogP contribution in [-0.4, -0.2) is 31.6 Å². The molecular weight excluding hydrogens is 486 g/mol. The van der Waals surface area contributed by atoms with Gasteiger partial charge in [0.2, 0.25) is 5.52 Å². The molecule has 3 aromatic carbocycles. The zero-order chi connectivity index (χ0) is 26.1. The SMILES string of the molecule is CCCN(CCC)CCC[n+]1c(C=C2c3ccccc3N(C)c3c2oc2ccccc32)sc2ccccc21. The van der Waals surface area contributed by atoms with Crippen LogP contribution in [-0.2, 0) is 6.54 Å². The Hall–Kier alpha value is -3.41. The van der Waals surface area contributed by atoms with E-state index in [9.17, 15) is 0 Å². The molecule has 5 heteroatoms. The third-order valence-electron chi connectivity index (χ3n) is 7.55. The molecule has 1 aliphatic heterocycles. The van der Waals surface area contributed by atoms with Crippen molar-refractivity contribution in [1.82, 2.24) is 4.90 Å². The maximum Gasteiger partial charge on any atom is 0.263 e. The fourth-order valence-electron chi connectivity index (χ4n) is 5.86. The van der Waals surface area contributed by atoms with Crippen LogP contribution in [0.2, 0.25) is 0 Å². The van der Waals surface area contributed by atoms with E-state index in [2.05, 4.69) is 108 Å². The zero-order valence-corrected chi connectivity index (χ0v) is 23.4. The van der Waals surface area contributed by atoms with Gasteiger partial charge in [0.1, 0.15) is 10.3 Å². The van der Waals surface area contributed by atoms with Gasteiger partial charge in [-0.25, -0.2) is 0 Å². The summed E-state index contributed by atoms with van der Waals surface area (Å²) in [6, 6.07) is 25.9. The summed E-state index contributed by atoms with van der Waals surface area (Å²) < 4.78 is 10.4. The second kappa shape index (κ2) is 10.8. The van der Waals surface area contributed by atoms with E-state index in [1.807, 2.05) is 17.4 Å². The van der Waals surface area contributed by atoms with Crippen molar-refractivity contribution in [1.29, 1.82) is 0 Å². The first-order valence-corrected chi connectivity index (χ1v) is 14.7. The van der Waals surface area contributed by atoms with Gasteiger partial charge >= 0.3 is 0 Å². The highest BCUT2D eigenvalue weighted by atomic mass is 32.1. The Kier molecular flexibility index (Phi) is 7.05. The lowest BCUT2D eigenvalue weighted by Crippen LogP contribution is -2.37. The molecule has 0 fully saturated rings. The quantitative estimate of drug-likeness (QED) is 0.183. The van der Waals surface area contributed by atoms with Crippen molar-refractivity contribution in [2.75, 3.05) is 31.6 Å². The maximum atomic E-state index is 6.56. The van der Waals surface area contributed by atoms with Crippen molar-refractivity contribution in [3.63, 3.8) is 0 Å². The van der Waals surface area contributed by atoms with E-state index in [1.54, 1.807) is 0 Å². The number of aryl methyl sites for hydroxylation is 1. The smallest absolute Gasteiger partial charge is 0.263 e. The number of thiazole rings is 1. The largest absolute Gasteiger partial charge is 0.454 e. The van der Waals surface area contributed by atoms with Gasteiger partial charge in [-0.15, -0.1) is 0 Å². The van der Waals surface area contributed by atoms with Crippen molar-refractivity contribution in [3.8, 4) is 0 Å². The minimum atomic E-state index is 0.930. The summed E-state index contributed by atoms with van der Waals surface area (Å²) in [7, 11) is 2.15. The Bertz CT molecular complexity index is 1610. The first-order valence-electron chi connectivity index (χ1n) is 13.9. The summed E-state index contributed by atoms with van der Waals surface area (Å²) in [5, 5.41) is 2.42. The summed E-state index contributed by atoms with van der Waals surface area (Å²) in [6.07, 6.45) is 5.92. The lowest BCUT2D eigenvalue weighted by atomic mass is 9.94. The number of anilines is 2.